The number of hydrogen-bond acceptors (Lipinski definition) is 7. The van der Waals surface area contributed by atoms with Gasteiger partial charge in [-0.05, 0) is 34.4 Å². The van der Waals surface area contributed by atoms with Crippen molar-refractivity contribution in [2.24, 2.45) is 5.92 Å². The predicted octanol–water partition coefficient (Wildman–Crippen LogP) is 5.26. The lowest BCUT2D eigenvalue weighted by atomic mass is 9.98. The van der Waals surface area contributed by atoms with E-state index in [9.17, 15) is 4.79 Å². The molecular formula is C29H30ClN3O4S. The molecule has 1 aliphatic rings. The van der Waals surface area contributed by atoms with Crippen molar-refractivity contribution in [3.63, 3.8) is 0 Å². The lowest BCUT2D eigenvalue weighted by molar-refractivity contribution is -0.137. The monoisotopic (exact) mass is 551 g/mol. The van der Waals surface area contributed by atoms with Gasteiger partial charge in [-0.15, -0.1) is 0 Å². The molecule has 9 heteroatoms. The van der Waals surface area contributed by atoms with Crippen LogP contribution in [0.1, 0.15) is 5.56 Å². The fourth-order valence-electron chi connectivity index (χ4n) is 4.61. The number of halogens is 1. The Morgan fingerprint density at radius 3 is 2.47 bits per heavy atom. The van der Waals surface area contributed by atoms with Crippen molar-refractivity contribution < 1.29 is 19.4 Å². The van der Waals surface area contributed by atoms with Crippen LogP contribution in [0.3, 0.4) is 0 Å². The van der Waals surface area contributed by atoms with Gasteiger partial charge in [0.05, 0.1) is 48.7 Å². The number of imidazole rings is 1. The first kappa shape index (κ1) is 26.7. The molecule has 0 amide bonds. The Morgan fingerprint density at radius 1 is 1.11 bits per heavy atom. The average Bonchev–Trinajstić information content (AvgIpc) is 3.32. The van der Waals surface area contributed by atoms with Crippen LogP contribution in [0.25, 0.3) is 33.3 Å². The van der Waals surface area contributed by atoms with Gasteiger partial charge in [-0.1, -0.05) is 71.9 Å². The molecule has 1 fully saturated rings. The Bertz CT molecular complexity index is 1390. The number of ether oxygens (including phenoxy) is 2. The Kier molecular flexibility index (Phi) is 8.66. The first-order chi connectivity index (χ1) is 18.5. The maximum atomic E-state index is 11.4. The molecule has 1 aliphatic heterocycles. The summed E-state index contributed by atoms with van der Waals surface area (Å²) in [6, 6.07) is 20.9. The van der Waals surface area contributed by atoms with Gasteiger partial charge < -0.3 is 19.6 Å². The van der Waals surface area contributed by atoms with Crippen LogP contribution in [-0.4, -0.2) is 71.7 Å². The molecule has 38 heavy (non-hydrogen) atoms. The molecule has 2 N–H and O–H groups in total. The highest BCUT2D eigenvalue weighted by atomic mass is 35.5. The molecule has 0 bridgehead atoms. The molecule has 4 aromatic rings. The van der Waals surface area contributed by atoms with Crippen molar-refractivity contribution in [1.82, 2.24) is 14.9 Å². The molecule has 0 radical (unpaired) electrons. The van der Waals surface area contributed by atoms with Crippen molar-refractivity contribution in [1.29, 1.82) is 0 Å². The molecule has 0 aliphatic carbocycles. The topological polar surface area (TPSA) is 87.7 Å². The average molecular weight is 552 g/mol. The van der Waals surface area contributed by atoms with Gasteiger partial charge in [-0.2, -0.15) is 0 Å². The summed E-state index contributed by atoms with van der Waals surface area (Å²) in [5, 5.41) is 10.1. The number of fused-ring (bicyclic) bond motifs is 1. The highest BCUT2D eigenvalue weighted by Crippen LogP contribution is 2.34. The minimum absolute atomic E-state index is 0.0843. The lowest BCUT2D eigenvalue weighted by Gasteiger charge is -2.39. The van der Waals surface area contributed by atoms with Crippen LogP contribution in [0.4, 0.5) is 0 Å². The summed E-state index contributed by atoms with van der Waals surface area (Å²) in [5.41, 5.74) is 7.15. The van der Waals surface area contributed by atoms with E-state index in [1.807, 2.05) is 12.1 Å². The number of carbonyl (C=O) groups is 1. The Balaban J connectivity index is 1.21. The first-order valence-electron chi connectivity index (χ1n) is 12.5. The fraction of sp³-hybridized carbons (Fsp3) is 0.310. The predicted molar refractivity (Wildman–Crippen MR) is 151 cm³/mol. The van der Waals surface area contributed by atoms with E-state index in [0.29, 0.717) is 22.7 Å². The Labute approximate surface area is 231 Å². The molecular weight excluding hydrogens is 522 g/mol. The second-order valence-corrected chi connectivity index (χ2v) is 10.8. The highest BCUT2D eigenvalue weighted by Gasteiger charge is 2.26. The van der Waals surface area contributed by atoms with Crippen molar-refractivity contribution in [2.45, 2.75) is 11.7 Å². The number of H-pyrrole nitrogens is 1. The zero-order chi connectivity index (χ0) is 26.5. The number of aromatic nitrogens is 2. The van der Waals surface area contributed by atoms with Gasteiger partial charge in [-0.3, -0.25) is 9.69 Å². The Hall–Kier alpha value is -2.88. The number of methoxy groups -OCH3 is 1. The standard InChI is InChI=1S/C29H30ClN3O4S/c1-36-28(35)18-38-29-31-26-12-24(25(30)13-27(26)32-29)23-8-6-22(7-9-23)21-4-2-19(3-5-21)14-33-15-20(16-33)17-37-11-10-34/h2-9,12-13,20,34H,10-11,14-18H2,1H3,(H,31,32). The largest absolute Gasteiger partial charge is 0.468 e. The van der Waals surface area contributed by atoms with Crippen molar-refractivity contribution in [3.05, 3.63) is 71.2 Å². The van der Waals surface area contributed by atoms with Gasteiger partial charge in [0.15, 0.2) is 5.16 Å². The summed E-state index contributed by atoms with van der Waals surface area (Å²) in [7, 11) is 1.37. The number of benzene rings is 3. The van der Waals surface area contributed by atoms with Gasteiger partial charge in [0.25, 0.3) is 0 Å². The van der Waals surface area contributed by atoms with Crippen molar-refractivity contribution >= 4 is 40.4 Å². The number of hydrogen-bond donors (Lipinski definition) is 2. The molecule has 7 nitrogen and oxygen atoms in total. The van der Waals surface area contributed by atoms with Crippen LogP contribution >= 0.6 is 23.4 Å². The maximum Gasteiger partial charge on any atom is 0.316 e. The van der Waals surface area contributed by atoms with E-state index in [-0.39, 0.29) is 18.3 Å². The van der Waals surface area contributed by atoms with Crippen LogP contribution in [0.15, 0.2) is 65.8 Å². The molecule has 0 spiro atoms. The molecule has 5 rings (SSSR count). The number of aliphatic hydroxyl groups excluding tert-OH is 1. The van der Waals surface area contributed by atoms with Gasteiger partial charge in [0.2, 0.25) is 0 Å². The van der Waals surface area contributed by atoms with Crippen molar-refractivity contribution in [3.8, 4) is 22.3 Å². The summed E-state index contributed by atoms with van der Waals surface area (Å²) >= 11 is 7.92. The minimum Gasteiger partial charge on any atom is -0.468 e. The van der Waals surface area contributed by atoms with E-state index < -0.39 is 0 Å². The quantitative estimate of drug-likeness (QED) is 0.149. The molecule has 0 saturated carbocycles. The second kappa shape index (κ2) is 12.3. The normalized spacial score (nSPS) is 14.1. The highest BCUT2D eigenvalue weighted by molar-refractivity contribution is 7.99. The molecule has 1 saturated heterocycles. The third-order valence-corrected chi connectivity index (χ3v) is 7.77. The van der Waals surface area contributed by atoms with Gasteiger partial charge in [-0.25, -0.2) is 4.98 Å². The summed E-state index contributed by atoms with van der Waals surface area (Å²) < 4.78 is 10.1. The summed E-state index contributed by atoms with van der Waals surface area (Å²) in [6.45, 7) is 4.24. The fourth-order valence-corrected chi connectivity index (χ4v) is 5.60. The number of aliphatic hydroxyl groups is 1. The number of carbonyl (C=O) groups excluding carboxylic acids is 1. The number of nitrogens with one attached hydrogen (secondary N) is 1. The second-order valence-electron chi connectivity index (χ2n) is 9.39. The van der Waals surface area contributed by atoms with E-state index >= 15 is 0 Å². The summed E-state index contributed by atoms with van der Waals surface area (Å²) in [4.78, 5) is 21.6. The van der Waals surface area contributed by atoms with Crippen molar-refractivity contribution in [2.75, 3.05) is 45.8 Å². The van der Waals surface area contributed by atoms with Gasteiger partial charge in [0, 0.05) is 31.1 Å². The van der Waals surface area contributed by atoms with E-state index in [1.165, 1.54) is 30.0 Å². The number of likely N-dealkylation sites (tertiary alicyclic amines) is 1. The zero-order valence-electron chi connectivity index (χ0n) is 21.2. The van der Waals surface area contributed by atoms with Crippen LogP contribution < -0.4 is 0 Å². The molecule has 198 valence electrons. The molecule has 3 aromatic carbocycles. The number of esters is 1. The van der Waals surface area contributed by atoms with E-state index in [2.05, 4.69) is 63.4 Å². The maximum absolute atomic E-state index is 11.4. The molecule has 0 atom stereocenters. The van der Waals surface area contributed by atoms with Gasteiger partial charge >= 0.3 is 5.97 Å². The van der Waals surface area contributed by atoms with E-state index in [1.54, 1.807) is 0 Å². The van der Waals surface area contributed by atoms with E-state index in [0.717, 1.165) is 54.0 Å². The third-order valence-electron chi connectivity index (χ3n) is 6.61. The molecule has 0 unspecified atom stereocenters. The van der Waals surface area contributed by atoms with Crippen LogP contribution in [0.5, 0.6) is 0 Å². The lowest BCUT2D eigenvalue weighted by Crippen LogP contribution is -2.48. The number of rotatable bonds is 11. The third kappa shape index (κ3) is 6.39. The Morgan fingerprint density at radius 2 is 1.79 bits per heavy atom. The molecule has 2 heterocycles. The number of thioether (sulfide) groups is 1. The van der Waals surface area contributed by atoms with Crippen LogP contribution in [-0.2, 0) is 20.8 Å². The summed E-state index contributed by atoms with van der Waals surface area (Å²) in [5.74, 6) is 0.462. The van der Waals surface area contributed by atoms with Crippen LogP contribution in [0, 0.1) is 5.92 Å². The molecule has 1 aromatic heterocycles. The summed E-state index contributed by atoms with van der Waals surface area (Å²) in [6.07, 6.45) is 0. The van der Waals surface area contributed by atoms with E-state index in [4.69, 9.17) is 26.2 Å². The number of aromatic amines is 1. The smallest absolute Gasteiger partial charge is 0.316 e. The SMILES string of the molecule is COC(=O)CSc1nc2cc(-c3ccc(-c4ccc(CN5CC(COCCO)C5)cc4)cc3)c(Cl)cc2[nH]1. The first-order valence-corrected chi connectivity index (χ1v) is 13.9. The minimum atomic E-state index is -0.296. The van der Waals surface area contributed by atoms with Crippen LogP contribution in [0.2, 0.25) is 5.02 Å². The number of nitrogens with zero attached hydrogens (tertiary/aromatic N) is 2. The zero-order valence-corrected chi connectivity index (χ0v) is 22.7. The van der Waals surface area contributed by atoms with Gasteiger partial charge in [0.1, 0.15) is 0 Å².